The Morgan fingerprint density at radius 3 is 2.58 bits per heavy atom. The quantitative estimate of drug-likeness (QED) is 0.293. The number of amides is 1. The van der Waals surface area contributed by atoms with Crippen molar-refractivity contribution in [3.8, 4) is 0 Å². The average Bonchev–Trinajstić information content (AvgIpc) is 2.38. The molecule has 0 aromatic heterocycles. The summed E-state index contributed by atoms with van der Waals surface area (Å²) < 4.78 is 9.97. The first-order valence-electron chi connectivity index (χ1n) is 5.92. The van der Waals surface area contributed by atoms with Crippen molar-refractivity contribution in [1.29, 1.82) is 0 Å². The maximum absolute atomic E-state index is 11.3. The third-order valence-electron chi connectivity index (χ3n) is 2.13. The summed E-state index contributed by atoms with van der Waals surface area (Å²) in [6.07, 6.45) is 0.819. The number of hydrogen-bond donors (Lipinski definition) is 3. The Morgan fingerprint density at radius 2 is 1.95 bits per heavy atom. The van der Waals surface area contributed by atoms with Gasteiger partial charge < -0.3 is 30.4 Å². The molecule has 1 atom stereocenters. The van der Waals surface area contributed by atoms with Crippen molar-refractivity contribution >= 4 is 18.2 Å². The van der Waals surface area contributed by atoms with Gasteiger partial charge in [-0.2, -0.15) is 0 Å². The molecule has 0 rings (SSSR count). The van der Waals surface area contributed by atoms with E-state index < -0.39 is 12.0 Å². The van der Waals surface area contributed by atoms with Crippen LogP contribution in [0.3, 0.4) is 0 Å². The number of aliphatic carboxylic acids is 1. The lowest BCUT2D eigenvalue weighted by Crippen LogP contribution is -2.33. The molecule has 0 bridgehead atoms. The minimum atomic E-state index is -1.12. The van der Waals surface area contributed by atoms with Gasteiger partial charge in [0.25, 0.3) is 0 Å². The van der Waals surface area contributed by atoms with E-state index in [-0.39, 0.29) is 25.4 Å². The van der Waals surface area contributed by atoms with Crippen LogP contribution in [-0.2, 0) is 23.9 Å². The second kappa shape index (κ2) is 11.6. The lowest BCUT2D eigenvalue weighted by atomic mass is 10.1. The van der Waals surface area contributed by atoms with E-state index in [9.17, 15) is 14.4 Å². The predicted molar refractivity (Wildman–Crippen MR) is 65.6 cm³/mol. The molecule has 0 heterocycles. The molecular weight excluding hydrogens is 256 g/mol. The number of hydrogen-bond acceptors (Lipinski definition) is 6. The lowest BCUT2D eigenvalue weighted by molar-refractivity contribution is -0.138. The first-order chi connectivity index (χ1) is 9.07. The van der Waals surface area contributed by atoms with Gasteiger partial charge in [0.05, 0.1) is 19.8 Å². The van der Waals surface area contributed by atoms with Gasteiger partial charge in [-0.1, -0.05) is 0 Å². The number of ether oxygens (including phenoxy) is 2. The Morgan fingerprint density at radius 1 is 1.26 bits per heavy atom. The third kappa shape index (κ3) is 11.3. The molecular formula is C11H20N2O6. The Hall–Kier alpha value is -1.51. The Bertz CT molecular complexity index is 284. The van der Waals surface area contributed by atoms with Crippen LogP contribution < -0.4 is 11.1 Å². The Labute approximate surface area is 111 Å². The minimum Gasteiger partial charge on any atom is -0.480 e. The summed E-state index contributed by atoms with van der Waals surface area (Å²) in [4.78, 5) is 31.6. The number of carbonyl (C=O) groups excluding carboxylic acids is 2. The van der Waals surface area contributed by atoms with Crippen molar-refractivity contribution in [3.63, 3.8) is 0 Å². The summed E-state index contributed by atoms with van der Waals surface area (Å²) in [7, 11) is 0. The van der Waals surface area contributed by atoms with Gasteiger partial charge in [-0.25, -0.2) is 0 Å². The zero-order valence-electron chi connectivity index (χ0n) is 10.7. The summed E-state index contributed by atoms with van der Waals surface area (Å²) in [6, 6.07) is -1.02. The van der Waals surface area contributed by atoms with Crippen molar-refractivity contribution < 1.29 is 29.0 Å². The standard InChI is InChI=1S/C11H20N2O6/c12-9(11(16)17)1-2-10(15)13-3-5-18-7-8-19-6-4-14/h4,9H,1-3,5-8,12H2,(H,13,15)(H,16,17). The van der Waals surface area contributed by atoms with Gasteiger partial charge >= 0.3 is 5.97 Å². The van der Waals surface area contributed by atoms with Crippen LogP contribution in [0.4, 0.5) is 0 Å². The number of carbonyl (C=O) groups is 3. The summed E-state index contributed by atoms with van der Waals surface area (Å²) in [5.74, 6) is -1.39. The van der Waals surface area contributed by atoms with E-state index in [0.29, 0.717) is 32.7 Å². The number of carboxylic acids is 1. The molecule has 0 saturated heterocycles. The van der Waals surface area contributed by atoms with Crippen molar-refractivity contribution in [2.24, 2.45) is 5.73 Å². The maximum atomic E-state index is 11.3. The first kappa shape index (κ1) is 17.5. The van der Waals surface area contributed by atoms with E-state index in [4.69, 9.17) is 20.3 Å². The fourth-order valence-electron chi connectivity index (χ4n) is 1.11. The fraction of sp³-hybridized carbons (Fsp3) is 0.727. The highest BCUT2D eigenvalue weighted by atomic mass is 16.5. The Kier molecular flexibility index (Phi) is 10.7. The largest absolute Gasteiger partial charge is 0.480 e. The van der Waals surface area contributed by atoms with Crippen LogP contribution in [0, 0.1) is 0 Å². The molecule has 0 aromatic carbocycles. The third-order valence-corrected chi connectivity index (χ3v) is 2.13. The zero-order chi connectivity index (χ0) is 14.5. The topological polar surface area (TPSA) is 128 Å². The fourth-order valence-corrected chi connectivity index (χ4v) is 1.11. The molecule has 0 aromatic rings. The molecule has 0 aliphatic rings. The van der Waals surface area contributed by atoms with Crippen molar-refractivity contribution in [3.05, 3.63) is 0 Å². The highest BCUT2D eigenvalue weighted by Crippen LogP contribution is 1.94. The molecule has 8 heteroatoms. The van der Waals surface area contributed by atoms with Gasteiger partial charge in [-0.05, 0) is 6.42 Å². The molecule has 0 aliphatic carbocycles. The van der Waals surface area contributed by atoms with Crippen LogP contribution in [0.1, 0.15) is 12.8 Å². The van der Waals surface area contributed by atoms with Gasteiger partial charge in [0.2, 0.25) is 5.91 Å². The summed E-state index contributed by atoms with van der Waals surface area (Å²) in [5.41, 5.74) is 5.26. The van der Waals surface area contributed by atoms with Crippen LogP contribution in [0.15, 0.2) is 0 Å². The van der Waals surface area contributed by atoms with Gasteiger partial charge in [0.1, 0.15) is 18.9 Å². The summed E-state index contributed by atoms with van der Waals surface area (Å²) in [6.45, 7) is 1.35. The van der Waals surface area contributed by atoms with Gasteiger partial charge in [0, 0.05) is 13.0 Å². The monoisotopic (exact) mass is 276 g/mol. The van der Waals surface area contributed by atoms with Crippen molar-refractivity contribution in [1.82, 2.24) is 5.32 Å². The second-order valence-electron chi connectivity index (χ2n) is 3.69. The van der Waals surface area contributed by atoms with Crippen LogP contribution in [0.2, 0.25) is 0 Å². The molecule has 1 unspecified atom stereocenters. The van der Waals surface area contributed by atoms with E-state index >= 15 is 0 Å². The SMILES string of the molecule is NC(CCC(=O)NCCOCCOCC=O)C(=O)O. The molecule has 19 heavy (non-hydrogen) atoms. The van der Waals surface area contributed by atoms with E-state index in [1.807, 2.05) is 0 Å². The summed E-state index contributed by atoms with van der Waals surface area (Å²) in [5, 5.41) is 11.1. The van der Waals surface area contributed by atoms with E-state index in [1.54, 1.807) is 0 Å². The highest BCUT2D eigenvalue weighted by Gasteiger charge is 2.12. The van der Waals surface area contributed by atoms with Gasteiger partial charge in [-0.3, -0.25) is 9.59 Å². The molecule has 4 N–H and O–H groups in total. The molecule has 0 radical (unpaired) electrons. The molecule has 0 aliphatic heterocycles. The maximum Gasteiger partial charge on any atom is 0.320 e. The van der Waals surface area contributed by atoms with E-state index in [0.717, 1.165) is 0 Å². The Balaban J connectivity index is 3.34. The van der Waals surface area contributed by atoms with Crippen LogP contribution in [0.25, 0.3) is 0 Å². The zero-order valence-corrected chi connectivity index (χ0v) is 10.7. The number of nitrogens with one attached hydrogen (secondary N) is 1. The van der Waals surface area contributed by atoms with Gasteiger partial charge in [-0.15, -0.1) is 0 Å². The first-order valence-corrected chi connectivity index (χ1v) is 5.92. The predicted octanol–water partition coefficient (Wildman–Crippen LogP) is -1.47. The smallest absolute Gasteiger partial charge is 0.320 e. The number of nitrogens with two attached hydrogens (primary N) is 1. The number of aldehydes is 1. The van der Waals surface area contributed by atoms with Crippen LogP contribution >= 0.6 is 0 Å². The minimum absolute atomic E-state index is 0.0456. The highest BCUT2D eigenvalue weighted by molar-refractivity contribution is 5.78. The van der Waals surface area contributed by atoms with E-state index in [2.05, 4.69) is 5.32 Å². The van der Waals surface area contributed by atoms with E-state index in [1.165, 1.54) is 0 Å². The molecule has 1 amide bonds. The average molecular weight is 276 g/mol. The summed E-state index contributed by atoms with van der Waals surface area (Å²) >= 11 is 0. The molecule has 0 saturated carbocycles. The molecule has 0 spiro atoms. The van der Waals surface area contributed by atoms with Crippen molar-refractivity contribution in [2.75, 3.05) is 33.0 Å². The lowest BCUT2D eigenvalue weighted by Gasteiger charge is -2.08. The normalized spacial score (nSPS) is 11.8. The van der Waals surface area contributed by atoms with Crippen LogP contribution in [0.5, 0.6) is 0 Å². The number of rotatable bonds is 12. The van der Waals surface area contributed by atoms with Gasteiger partial charge in [0.15, 0.2) is 0 Å². The number of carboxylic acid groups (broad SMARTS) is 1. The van der Waals surface area contributed by atoms with Crippen molar-refractivity contribution in [2.45, 2.75) is 18.9 Å². The van der Waals surface area contributed by atoms with Crippen LogP contribution in [-0.4, -0.2) is 62.3 Å². The molecule has 8 nitrogen and oxygen atoms in total. The molecule has 0 fully saturated rings. The molecule has 110 valence electrons. The second-order valence-corrected chi connectivity index (χ2v) is 3.69.